The van der Waals surface area contributed by atoms with Crippen LogP contribution in [0.1, 0.15) is 27.7 Å². The Kier molecular flexibility index (Phi) is 7.24. The summed E-state index contributed by atoms with van der Waals surface area (Å²) in [5.74, 6) is -2.32. The zero-order valence-corrected chi connectivity index (χ0v) is 23.6. The Morgan fingerprint density at radius 1 is 1.15 bits per heavy atom. The topological polar surface area (TPSA) is 106 Å². The van der Waals surface area contributed by atoms with Gasteiger partial charge in [-0.3, -0.25) is 14.5 Å². The number of para-hydroxylation sites is 1. The Balaban J connectivity index is 1.37. The number of carbonyl (C=O) groups is 2. The number of aliphatic hydroxyl groups is 1. The molecule has 41 heavy (non-hydrogen) atoms. The lowest BCUT2D eigenvalue weighted by Gasteiger charge is -2.24. The van der Waals surface area contributed by atoms with Gasteiger partial charge in [-0.05, 0) is 35.9 Å². The number of aromatic nitrogens is 2. The van der Waals surface area contributed by atoms with Crippen molar-refractivity contribution in [3.8, 4) is 5.75 Å². The molecule has 6 rings (SSSR count). The number of aliphatic hydroxyl groups excluding tert-OH is 1. The van der Waals surface area contributed by atoms with Crippen molar-refractivity contribution in [2.24, 2.45) is 0 Å². The average Bonchev–Trinajstić information content (AvgIpc) is 3.69. The molecule has 1 aliphatic rings. The summed E-state index contributed by atoms with van der Waals surface area (Å²) in [6, 6.07) is 18.4. The van der Waals surface area contributed by atoms with Gasteiger partial charge < -0.3 is 14.3 Å². The molecule has 2 aromatic heterocycles. The third-order valence-corrected chi connectivity index (χ3v) is 8.86. The Labute approximate surface area is 246 Å². The lowest BCUT2D eigenvalue weighted by atomic mass is 9.95. The highest BCUT2D eigenvalue weighted by Gasteiger charge is 2.47. The van der Waals surface area contributed by atoms with E-state index in [0.29, 0.717) is 31.8 Å². The molecule has 0 saturated heterocycles. The maximum absolute atomic E-state index is 15.2. The summed E-state index contributed by atoms with van der Waals surface area (Å²) in [6.07, 6.45) is 0. The molecular formula is C29H19ClFN3O5S2. The fourth-order valence-corrected chi connectivity index (χ4v) is 6.50. The van der Waals surface area contributed by atoms with E-state index in [9.17, 15) is 14.7 Å². The van der Waals surface area contributed by atoms with Crippen LogP contribution in [-0.2, 0) is 10.5 Å². The van der Waals surface area contributed by atoms with Crippen LogP contribution in [-0.4, -0.2) is 34.1 Å². The van der Waals surface area contributed by atoms with E-state index < -0.39 is 29.3 Å². The third-order valence-electron chi connectivity index (χ3n) is 6.48. The predicted molar refractivity (Wildman–Crippen MR) is 154 cm³/mol. The Morgan fingerprint density at radius 3 is 2.68 bits per heavy atom. The number of methoxy groups -OCH3 is 1. The van der Waals surface area contributed by atoms with Gasteiger partial charge in [-0.1, -0.05) is 77.2 Å². The number of fused-ring (bicyclic) bond motifs is 1. The summed E-state index contributed by atoms with van der Waals surface area (Å²) in [6.45, 7) is 0. The lowest BCUT2D eigenvalue weighted by Crippen LogP contribution is -2.31. The summed E-state index contributed by atoms with van der Waals surface area (Å²) in [5, 5.41) is 20.7. The van der Waals surface area contributed by atoms with Gasteiger partial charge in [0.15, 0.2) is 27.2 Å². The molecule has 3 heterocycles. The molecular weight excluding hydrogens is 589 g/mol. The number of benzene rings is 3. The van der Waals surface area contributed by atoms with Crippen molar-refractivity contribution >= 4 is 62.5 Å². The normalized spacial score (nSPS) is 15.2. The van der Waals surface area contributed by atoms with Crippen LogP contribution >= 0.6 is 34.7 Å². The maximum Gasteiger partial charge on any atom is 0.296 e. The number of hydrogen-bond donors (Lipinski definition) is 1. The highest BCUT2D eigenvalue weighted by molar-refractivity contribution is 8.00. The molecule has 1 unspecified atom stereocenters. The number of anilines is 1. The smallest absolute Gasteiger partial charge is 0.296 e. The quantitative estimate of drug-likeness (QED) is 0.112. The van der Waals surface area contributed by atoms with Gasteiger partial charge in [0.2, 0.25) is 10.9 Å². The zero-order valence-electron chi connectivity index (χ0n) is 21.2. The first-order chi connectivity index (χ1) is 19.9. The van der Waals surface area contributed by atoms with Crippen molar-refractivity contribution in [3.05, 3.63) is 112 Å². The minimum Gasteiger partial charge on any atom is -0.503 e. The number of ketones is 1. The van der Waals surface area contributed by atoms with E-state index in [-0.39, 0.29) is 22.0 Å². The van der Waals surface area contributed by atoms with Crippen molar-refractivity contribution < 1.29 is 28.2 Å². The van der Waals surface area contributed by atoms with Crippen LogP contribution in [0.5, 0.6) is 5.75 Å². The van der Waals surface area contributed by atoms with Crippen molar-refractivity contribution in [3.63, 3.8) is 0 Å². The van der Waals surface area contributed by atoms with Crippen LogP contribution in [0.2, 0.25) is 5.02 Å². The molecule has 206 valence electrons. The van der Waals surface area contributed by atoms with E-state index in [1.54, 1.807) is 36.4 Å². The number of halogens is 2. The lowest BCUT2D eigenvalue weighted by molar-refractivity contribution is -0.117. The highest BCUT2D eigenvalue weighted by atomic mass is 35.5. The number of ether oxygens (including phenoxy) is 1. The summed E-state index contributed by atoms with van der Waals surface area (Å²) >= 11 is 8.44. The van der Waals surface area contributed by atoms with Crippen molar-refractivity contribution in [1.29, 1.82) is 0 Å². The molecule has 3 aromatic carbocycles. The molecule has 1 atom stereocenters. The van der Waals surface area contributed by atoms with Gasteiger partial charge in [-0.25, -0.2) is 4.39 Å². The molecule has 1 N–H and O–H groups in total. The monoisotopic (exact) mass is 607 g/mol. The standard InChI is InChI=1S/C29H19ClFN3O5S2/c1-38-20-8-4-5-16-13-21(39-26(16)20)24(35)22-23(18-6-2-3-7-19(18)31)34(27(37)25(22)36)28-32-33-29(41-28)40-14-15-9-11-17(30)12-10-15/h2-13,23,36H,14H2,1H3. The molecule has 0 spiro atoms. The van der Waals surface area contributed by atoms with Gasteiger partial charge in [-0.2, -0.15) is 0 Å². The SMILES string of the molecule is COc1cccc2cc(C(=O)C3=C(O)C(=O)N(c4nnc(SCc5ccc(Cl)cc5)s4)C3c3ccccc3F)oc12. The van der Waals surface area contributed by atoms with E-state index in [4.69, 9.17) is 20.8 Å². The highest BCUT2D eigenvalue weighted by Crippen LogP contribution is 2.45. The second-order valence-corrected chi connectivity index (χ2v) is 11.6. The van der Waals surface area contributed by atoms with Crippen molar-refractivity contribution in [2.45, 2.75) is 16.1 Å². The first-order valence-electron chi connectivity index (χ1n) is 12.2. The predicted octanol–water partition coefficient (Wildman–Crippen LogP) is 7.16. The molecule has 1 aliphatic heterocycles. The van der Waals surface area contributed by atoms with Gasteiger partial charge in [0.1, 0.15) is 11.9 Å². The first-order valence-corrected chi connectivity index (χ1v) is 14.4. The summed E-state index contributed by atoms with van der Waals surface area (Å²) < 4.78 is 26.9. The van der Waals surface area contributed by atoms with Gasteiger partial charge in [0.25, 0.3) is 5.91 Å². The van der Waals surface area contributed by atoms with Gasteiger partial charge in [-0.15, -0.1) is 10.2 Å². The van der Waals surface area contributed by atoms with Gasteiger partial charge in [0.05, 0.1) is 12.7 Å². The fourth-order valence-electron chi connectivity index (χ4n) is 4.55. The molecule has 8 nitrogen and oxygen atoms in total. The number of hydrogen-bond acceptors (Lipinski definition) is 9. The minimum atomic E-state index is -1.31. The van der Waals surface area contributed by atoms with Crippen LogP contribution in [0.15, 0.2) is 92.9 Å². The molecule has 0 aliphatic carbocycles. The number of nitrogens with zero attached hydrogens (tertiary/aromatic N) is 3. The average molecular weight is 608 g/mol. The van der Waals surface area contributed by atoms with E-state index in [1.807, 2.05) is 12.1 Å². The number of carbonyl (C=O) groups excluding carboxylic acids is 2. The molecule has 0 radical (unpaired) electrons. The van der Waals surface area contributed by atoms with Gasteiger partial charge >= 0.3 is 0 Å². The molecule has 1 amide bonds. The molecule has 12 heteroatoms. The first kappa shape index (κ1) is 27.0. The maximum atomic E-state index is 15.2. The molecule has 0 fully saturated rings. The Bertz CT molecular complexity index is 1840. The van der Waals surface area contributed by atoms with Crippen LogP contribution < -0.4 is 9.64 Å². The second kappa shape index (κ2) is 11.0. The third kappa shape index (κ3) is 4.96. The second-order valence-electron chi connectivity index (χ2n) is 8.95. The van der Waals surface area contributed by atoms with E-state index >= 15 is 4.39 Å². The number of rotatable bonds is 8. The van der Waals surface area contributed by atoms with Crippen molar-refractivity contribution in [1.82, 2.24) is 10.2 Å². The fraction of sp³-hybridized carbons (Fsp3) is 0.103. The summed E-state index contributed by atoms with van der Waals surface area (Å²) in [7, 11) is 1.47. The van der Waals surface area contributed by atoms with Crippen LogP contribution in [0.3, 0.4) is 0 Å². The van der Waals surface area contributed by atoms with E-state index in [2.05, 4.69) is 10.2 Å². The number of Topliss-reactive ketones (excluding diaryl/α,β-unsaturated/α-hetero) is 1. The van der Waals surface area contributed by atoms with Crippen molar-refractivity contribution in [2.75, 3.05) is 12.0 Å². The number of thioether (sulfide) groups is 1. The number of amides is 1. The number of furan rings is 1. The van der Waals surface area contributed by atoms with Gasteiger partial charge in [0, 0.05) is 21.7 Å². The van der Waals surface area contributed by atoms with E-state index in [1.165, 1.54) is 43.1 Å². The van der Waals surface area contributed by atoms with Crippen LogP contribution in [0, 0.1) is 5.82 Å². The van der Waals surface area contributed by atoms with Crippen LogP contribution in [0.25, 0.3) is 11.0 Å². The van der Waals surface area contributed by atoms with Crippen LogP contribution in [0.4, 0.5) is 9.52 Å². The zero-order chi connectivity index (χ0) is 28.7. The largest absolute Gasteiger partial charge is 0.503 e. The molecule has 0 bridgehead atoms. The summed E-state index contributed by atoms with van der Waals surface area (Å²) in [4.78, 5) is 28.4. The minimum absolute atomic E-state index is 0.00695. The molecule has 5 aromatic rings. The Morgan fingerprint density at radius 2 is 1.93 bits per heavy atom. The molecule has 0 saturated carbocycles. The van der Waals surface area contributed by atoms with E-state index in [0.717, 1.165) is 21.8 Å². The summed E-state index contributed by atoms with van der Waals surface area (Å²) in [5.41, 5.74) is 1.01. The Hall–Kier alpha value is -4.19.